The van der Waals surface area contributed by atoms with E-state index in [0.717, 1.165) is 17.7 Å². The maximum absolute atomic E-state index is 12.1. The number of carboxylic acid groups (broad SMARTS) is 1. The lowest BCUT2D eigenvalue weighted by Gasteiger charge is -2.29. The summed E-state index contributed by atoms with van der Waals surface area (Å²) in [7, 11) is 0. The number of carbonyl (C=O) groups excluding carboxylic acids is 1. The molecule has 1 heterocycles. The van der Waals surface area contributed by atoms with Gasteiger partial charge >= 0.3 is 12.0 Å². The number of hydrogen-bond donors (Lipinski definition) is 2. The van der Waals surface area contributed by atoms with E-state index in [2.05, 4.69) is 5.32 Å². The van der Waals surface area contributed by atoms with E-state index in [1.165, 1.54) is 12.8 Å². The van der Waals surface area contributed by atoms with Gasteiger partial charge in [0.2, 0.25) is 0 Å². The van der Waals surface area contributed by atoms with Gasteiger partial charge in [0.25, 0.3) is 0 Å². The molecule has 1 aromatic carbocycles. The van der Waals surface area contributed by atoms with E-state index in [-0.39, 0.29) is 6.03 Å². The van der Waals surface area contributed by atoms with Crippen molar-refractivity contribution in [2.75, 3.05) is 13.1 Å². The predicted molar refractivity (Wildman–Crippen MR) is 73.6 cm³/mol. The van der Waals surface area contributed by atoms with E-state index in [4.69, 9.17) is 0 Å². The minimum absolute atomic E-state index is 0.0386. The summed E-state index contributed by atoms with van der Waals surface area (Å²) in [5, 5.41) is 12.1. The van der Waals surface area contributed by atoms with Crippen molar-refractivity contribution in [3.63, 3.8) is 0 Å². The first-order valence-corrected chi connectivity index (χ1v) is 7.02. The van der Waals surface area contributed by atoms with Crippen molar-refractivity contribution < 1.29 is 14.7 Å². The van der Waals surface area contributed by atoms with Crippen LogP contribution in [-0.2, 0) is 13.0 Å². The highest BCUT2D eigenvalue weighted by Crippen LogP contribution is 2.28. The number of nitrogens with zero attached hydrogens (tertiary/aromatic N) is 1. The molecule has 0 saturated heterocycles. The Morgan fingerprint density at radius 3 is 2.85 bits per heavy atom. The molecule has 1 fully saturated rings. The zero-order valence-electron chi connectivity index (χ0n) is 11.3. The maximum atomic E-state index is 12.1. The zero-order chi connectivity index (χ0) is 14.1. The summed E-state index contributed by atoms with van der Waals surface area (Å²) in [5.74, 6) is -0.233. The zero-order valence-corrected chi connectivity index (χ0v) is 11.3. The van der Waals surface area contributed by atoms with E-state index in [9.17, 15) is 14.7 Å². The summed E-state index contributed by atoms with van der Waals surface area (Å²) in [4.78, 5) is 25.0. The van der Waals surface area contributed by atoms with Gasteiger partial charge in [0.1, 0.15) is 0 Å². The number of urea groups is 1. The third-order valence-electron chi connectivity index (χ3n) is 4.02. The molecule has 5 nitrogen and oxygen atoms in total. The van der Waals surface area contributed by atoms with Gasteiger partial charge < -0.3 is 15.3 Å². The molecule has 20 heavy (non-hydrogen) atoms. The van der Waals surface area contributed by atoms with Crippen molar-refractivity contribution in [3.8, 4) is 0 Å². The van der Waals surface area contributed by atoms with Crippen LogP contribution in [0.1, 0.15) is 34.3 Å². The SMILES string of the molecule is O=C(O)c1cccc2c1CCN(C(=O)NCC1CC1)C2. The van der Waals surface area contributed by atoms with Crippen molar-refractivity contribution in [2.24, 2.45) is 5.92 Å². The molecule has 1 aromatic rings. The van der Waals surface area contributed by atoms with Crippen LogP contribution in [-0.4, -0.2) is 35.1 Å². The molecule has 0 radical (unpaired) electrons. The Labute approximate surface area is 117 Å². The van der Waals surface area contributed by atoms with Gasteiger partial charge in [-0.15, -0.1) is 0 Å². The Morgan fingerprint density at radius 1 is 1.35 bits per heavy atom. The summed E-state index contributed by atoms with van der Waals surface area (Å²) in [6, 6.07) is 5.24. The first kappa shape index (κ1) is 13.0. The van der Waals surface area contributed by atoms with Crippen LogP contribution in [0, 0.1) is 5.92 Å². The molecule has 1 saturated carbocycles. The van der Waals surface area contributed by atoms with Crippen molar-refractivity contribution in [3.05, 3.63) is 34.9 Å². The Morgan fingerprint density at radius 2 is 2.15 bits per heavy atom. The highest BCUT2D eigenvalue weighted by molar-refractivity contribution is 5.90. The second-order valence-corrected chi connectivity index (χ2v) is 5.55. The van der Waals surface area contributed by atoms with E-state index in [1.807, 2.05) is 6.07 Å². The lowest BCUT2D eigenvalue weighted by molar-refractivity contribution is 0.0695. The second-order valence-electron chi connectivity index (χ2n) is 5.55. The number of nitrogens with one attached hydrogen (secondary N) is 1. The Bertz CT molecular complexity index is 552. The average molecular weight is 274 g/mol. The second kappa shape index (κ2) is 5.15. The maximum Gasteiger partial charge on any atom is 0.335 e. The van der Waals surface area contributed by atoms with Crippen LogP contribution < -0.4 is 5.32 Å². The van der Waals surface area contributed by atoms with Crippen LogP contribution in [0.3, 0.4) is 0 Å². The molecule has 0 bridgehead atoms. The van der Waals surface area contributed by atoms with Crippen LogP contribution in [0.2, 0.25) is 0 Å². The molecule has 106 valence electrons. The van der Waals surface area contributed by atoms with Crippen LogP contribution in [0.4, 0.5) is 4.79 Å². The summed E-state index contributed by atoms with van der Waals surface area (Å²) in [5.41, 5.74) is 2.17. The molecule has 5 heteroatoms. The van der Waals surface area contributed by atoms with E-state index in [1.54, 1.807) is 17.0 Å². The van der Waals surface area contributed by atoms with Crippen LogP contribution in [0.5, 0.6) is 0 Å². The van der Waals surface area contributed by atoms with Crippen LogP contribution >= 0.6 is 0 Å². The molecule has 2 N–H and O–H groups in total. The van der Waals surface area contributed by atoms with Crippen LogP contribution in [0.25, 0.3) is 0 Å². The minimum Gasteiger partial charge on any atom is -0.478 e. The number of aromatic carboxylic acids is 1. The standard InChI is InChI=1S/C15H18N2O3/c18-14(19)13-3-1-2-11-9-17(7-6-12(11)13)15(20)16-8-10-4-5-10/h1-3,10H,4-9H2,(H,16,20)(H,18,19). The quantitative estimate of drug-likeness (QED) is 0.884. The van der Waals surface area contributed by atoms with Gasteiger partial charge in [-0.05, 0) is 42.4 Å². The van der Waals surface area contributed by atoms with Crippen molar-refractivity contribution in [1.29, 1.82) is 0 Å². The molecule has 1 aliphatic heterocycles. The first-order valence-electron chi connectivity index (χ1n) is 7.02. The fourth-order valence-corrected chi connectivity index (χ4v) is 2.65. The van der Waals surface area contributed by atoms with Gasteiger partial charge in [-0.25, -0.2) is 9.59 Å². The van der Waals surface area contributed by atoms with Gasteiger partial charge in [-0.1, -0.05) is 12.1 Å². The number of amides is 2. The molecule has 0 aromatic heterocycles. The molecule has 2 amide bonds. The van der Waals surface area contributed by atoms with E-state index < -0.39 is 5.97 Å². The van der Waals surface area contributed by atoms with E-state index in [0.29, 0.717) is 31.0 Å². The Hall–Kier alpha value is -2.04. The number of rotatable bonds is 3. The van der Waals surface area contributed by atoms with E-state index >= 15 is 0 Å². The molecular weight excluding hydrogens is 256 g/mol. The van der Waals surface area contributed by atoms with Crippen molar-refractivity contribution >= 4 is 12.0 Å². The number of carboxylic acids is 1. The smallest absolute Gasteiger partial charge is 0.335 e. The molecule has 1 aliphatic carbocycles. The highest BCUT2D eigenvalue weighted by Gasteiger charge is 2.26. The van der Waals surface area contributed by atoms with Gasteiger partial charge in [0.15, 0.2) is 0 Å². The fourth-order valence-electron chi connectivity index (χ4n) is 2.65. The van der Waals surface area contributed by atoms with Crippen LogP contribution in [0.15, 0.2) is 18.2 Å². The van der Waals surface area contributed by atoms with Gasteiger partial charge in [-0.3, -0.25) is 0 Å². The summed E-state index contributed by atoms with van der Waals surface area (Å²) < 4.78 is 0. The topological polar surface area (TPSA) is 69.6 Å². The number of hydrogen-bond acceptors (Lipinski definition) is 2. The fraction of sp³-hybridized carbons (Fsp3) is 0.467. The molecule has 3 rings (SSSR count). The Kier molecular flexibility index (Phi) is 3.34. The number of fused-ring (bicyclic) bond motifs is 1. The number of carbonyl (C=O) groups is 2. The minimum atomic E-state index is -0.895. The lowest BCUT2D eigenvalue weighted by Crippen LogP contribution is -2.43. The van der Waals surface area contributed by atoms with Gasteiger partial charge in [-0.2, -0.15) is 0 Å². The molecule has 2 aliphatic rings. The predicted octanol–water partition coefficient (Wildman–Crippen LogP) is 1.86. The normalized spacial score (nSPS) is 17.5. The van der Waals surface area contributed by atoms with Crippen molar-refractivity contribution in [2.45, 2.75) is 25.8 Å². The largest absolute Gasteiger partial charge is 0.478 e. The van der Waals surface area contributed by atoms with Gasteiger partial charge in [0.05, 0.1) is 5.56 Å². The summed E-state index contributed by atoms with van der Waals surface area (Å²) in [6.45, 7) is 1.83. The monoisotopic (exact) mass is 274 g/mol. The molecule has 0 atom stereocenters. The van der Waals surface area contributed by atoms with Crippen molar-refractivity contribution in [1.82, 2.24) is 10.2 Å². The third-order valence-corrected chi connectivity index (χ3v) is 4.02. The molecular formula is C15H18N2O3. The summed E-state index contributed by atoms with van der Waals surface area (Å²) in [6.07, 6.45) is 3.03. The average Bonchev–Trinajstić information content (AvgIpc) is 3.27. The summed E-state index contributed by atoms with van der Waals surface area (Å²) >= 11 is 0. The highest BCUT2D eigenvalue weighted by atomic mass is 16.4. The van der Waals surface area contributed by atoms with Gasteiger partial charge in [0, 0.05) is 19.6 Å². The first-order chi connectivity index (χ1) is 9.65. The molecule has 0 unspecified atom stereocenters. The third kappa shape index (κ3) is 2.61. The molecule has 0 spiro atoms. The Balaban J connectivity index is 1.69. The number of benzene rings is 1. The lowest BCUT2D eigenvalue weighted by atomic mass is 9.95.